The predicted octanol–water partition coefficient (Wildman–Crippen LogP) is 14.3. The van der Waals surface area contributed by atoms with Crippen molar-refractivity contribution in [2.45, 2.75) is 121 Å². The third kappa shape index (κ3) is 19.9. The molecule has 0 saturated carbocycles. The summed E-state index contributed by atoms with van der Waals surface area (Å²) in [7, 11) is 0. The van der Waals surface area contributed by atoms with Crippen LogP contribution in [0.25, 0.3) is 0 Å². The van der Waals surface area contributed by atoms with Gasteiger partial charge in [-0.3, -0.25) is 0 Å². The van der Waals surface area contributed by atoms with Crippen molar-refractivity contribution < 1.29 is 4.74 Å². The van der Waals surface area contributed by atoms with E-state index in [1.807, 2.05) is 42.5 Å². The van der Waals surface area contributed by atoms with Crippen molar-refractivity contribution in [2.24, 2.45) is 16.7 Å². The SMILES string of the molecule is CC(C)(C)Cc1ccccc1.CC(C)Cc1ccc(C(C)C)cc1.CC(C)c1ccc(Oc2ccccc2)cc1.CCC(C)(C)C. The Hall–Kier alpha value is -3.32. The first-order valence-corrected chi connectivity index (χ1v) is 17.4. The molecule has 0 aliphatic heterocycles. The number of ether oxygens (including phenoxy) is 1. The minimum Gasteiger partial charge on any atom is -0.457 e. The minimum atomic E-state index is 0.404. The number of hydrogen-bond donors (Lipinski definition) is 0. The molecular weight excluding hydrogens is 556 g/mol. The van der Waals surface area contributed by atoms with E-state index in [1.54, 1.807) is 0 Å². The van der Waals surface area contributed by atoms with Gasteiger partial charge in [0, 0.05) is 0 Å². The van der Waals surface area contributed by atoms with E-state index in [0.29, 0.717) is 22.7 Å². The van der Waals surface area contributed by atoms with Crippen molar-refractivity contribution in [1.82, 2.24) is 0 Å². The molecule has 0 N–H and O–H groups in total. The second-order valence-electron chi connectivity index (χ2n) is 15.8. The molecule has 0 saturated heterocycles. The van der Waals surface area contributed by atoms with Gasteiger partial charge in [0.05, 0.1) is 0 Å². The van der Waals surface area contributed by atoms with Gasteiger partial charge < -0.3 is 4.74 Å². The summed E-state index contributed by atoms with van der Waals surface area (Å²) in [4.78, 5) is 0. The number of para-hydroxylation sites is 1. The molecular formula is C45H66O. The molecule has 46 heavy (non-hydrogen) atoms. The molecule has 0 aromatic heterocycles. The fourth-order valence-corrected chi connectivity index (χ4v) is 4.26. The predicted molar refractivity (Wildman–Crippen MR) is 205 cm³/mol. The largest absolute Gasteiger partial charge is 0.457 e. The molecule has 0 spiro atoms. The van der Waals surface area contributed by atoms with Gasteiger partial charge in [0.1, 0.15) is 11.5 Å². The van der Waals surface area contributed by atoms with E-state index in [0.717, 1.165) is 23.8 Å². The minimum absolute atomic E-state index is 0.404. The monoisotopic (exact) mass is 623 g/mol. The molecule has 252 valence electrons. The van der Waals surface area contributed by atoms with Crippen LogP contribution in [0.15, 0.2) is 109 Å². The zero-order valence-electron chi connectivity index (χ0n) is 31.7. The van der Waals surface area contributed by atoms with Gasteiger partial charge in [-0.05, 0) is 87.9 Å². The lowest BCUT2D eigenvalue weighted by Crippen LogP contribution is -2.08. The summed E-state index contributed by atoms with van der Waals surface area (Å²) in [6.07, 6.45) is 3.62. The molecule has 0 aliphatic rings. The van der Waals surface area contributed by atoms with Gasteiger partial charge in [-0.2, -0.15) is 0 Å². The molecule has 0 heterocycles. The smallest absolute Gasteiger partial charge is 0.127 e. The van der Waals surface area contributed by atoms with Crippen molar-refractivity contribution in [3.63, 3.8) is 0 Å². The van der Waals surface area contributed by atoms with Crippen LogP contribution in [0.3, 0.4) is 0 Å². The van der Waals surface area contributed by atoms with Crippen LogP contribution in [0.5, 0.6) is 11.5 Å². The molecule has 4 aromatic carbocycles. The average Bonchev–Trinajstić information content (AvgIpc) is 2.98. The van der Waals surface area contributed by atoms with E-state index in [9.17, 15) is 0 Å². The molecule has 0 fully saturated rings. The van der Waals surface area contributed by atoms with Crippen LogP contribution in [0.2, 0.25) is 0 Å². The molecule has 4 aromatic rings. The highest BCUT2D eigenvalue weighted by atomic mass is 16.5. The van der Waals surface area contributed by atoms with E-state index in [2.05, 4.69) is 157 Å². The molecule has 0 bridgehead atoms. The fourth-order valence-electron chi connectivity index (χ4n) is 4.26. The molecule has 1 nitrogen and oxygen atoms in total. The summed E-state index contributed by atoms with van der Waals surface area (Å²) in [5.41, 5.74) is 6.61. The Bertz CT molecular complexity index is 1280. The Morgan fingerprint density at radius 1 is 0.478 bits per heavy atom. The van der Waals surface area contributed by atoms with Crippen LogP contribution in [-0.4, -0.2) is 0 Å². The maximum Gasteiger partial charge on any atom is 0.127 e. The maximum atomic E-state index is 5.71. The molecule has 4 rings (SSSR count). The lowest BCUT2D eigenvalue weighted by molar-refractivity contribution is 0.398. The summed E-state index contributed by atoms with van der Waals surface area (Å²) in [5.74, 6) is 3.72. The third-order valence-corrected chi connectivity index (χ3v) is 7.45. The lowest BCUT2D eigenvalue weighted by atomic mass is 9.88. The van der Waals surface area contributed by atoms with Crippen LogP contribution >= 0.6 is 0 Å². The number of rotatable bonds is 7. The Kier molecular flexibility index (Phi) is 18.3. The fraction of sp³-hybridized carbons (Fsp3) is 0.467. The molecule has 1 heteroatoms. The summed E-state index contributed by atoms with van der Waals surface area (Å²) < 4.78 is 5.71. The zero-order valence-corrected chi connectivity index (χ0v) is 31.7. The number of hydrogen-bond acceptors (Lipinski definition) is 1. The molecule has 0 aliphatic carbocycles. The third-order valence-electron chi connectivity index (χ3n) is 7.45. The Morgan fingerprint density at radius 3 is 1.24 bits per heavy atom. The van der Waals surface area contributed by atoms with Gasteiger partial charge in [-0.1, -0.05) is 181 Å². The summed E-state index contributed by atoms with van der Waals surface area (Å²) >= 11 is 0. The van der Waals surface area contributed by atoms with E-state index in [4.69, 9.17) is 4.74 Å². The Balaban J connectivity index is 0.000000322. The van der Waals surface area contributed by atoms with Gasteiger partial charge in [-0.25, -0.2) is 0 Å². The van der Waals surface area contributed by atoms with Crippen LogP contribution in [0.1, 0.15) is 131 Å². The van der Waals surface area contributed by atoms with Crippen LogP contribution in [-0.2, 0) is 12.8 Å². The van der Waals surface area contributed by atoms with Crippen LogP contribution < -0.4 is 4.74 Å². The van der Waals surface area contributed by atoms with E-state index in [1.165, 1.54) is 35.1 Å². The summed E-state index contributed by atoms with van der Waals surface area (Å²) in [6.45, 7) is 29.1. The van der Waals surface area contributed by atoms with Crippen molar-refractivity contribution in [3.05, 3.63) is 131 Å². The topological polar surface area (TPSA) is 9.23 Å². The van der Waals surface area contributed by atoms with Gasteiger partial charge in [0.2, 0.25) is 0 Å². The van der Waals surface area contributed by atoms with E-state index >= 15 is 0 Å². The van der Waals surface area contributed by atoms with Crippen LogP contribution in [0.4, 0.5) is 0 Å². The van der Waals surface area contributed by atoms with Gasteiger partial charge in [-0.15, -0.1) is 0 Å². The van der Waals surface area contributed by atoms with Crippen LogP contribution in [0, 0.1) is 16.7 Å². The molecule has 0 amide bonds. The highest BCUT2D eigenvalue weighted by Crippen LogP contribution is 2.24. The first-order chi connectivity index (χ1) is 21.5. The van der Waals surface area contributed by atoms with Gasteiger partial charge in [0.25, 0.3) is 0 Å². The Morgan fingerprint density at radius 2 is 0.870 bits per heavy atom. The highest BCUT2D eigenvalue weighted by Gasteiger charge is 2.10. The first kappa shape index (κ1) is 40.7. The maximum absolute atomic E-state index is 5.71. The molecule has 0 unspecified atom stereocenters. The van der Waals surface area contributed by atoms with Crippen molar-refractivity contribution in [1.29, 1.82) is 0 Å². The summed E-state index contributed by atoms with van der Waals surface area (Å²) in [5, 5.41) is 0. The quantitative estimate of drug-likeness (QED) is 0.199. The first-order valence-electron chi connectivity index (χ1n) is 17.4. The number of benzene rings is 4. The van der Waals surface area contributed by atoms with E-state index in [-0.39, 0.29) is 0 Å². The highest BCUT2D eigenvalue weighted by molar-refractivity contribution is 5.33. The van der Waals surface area contributed by atoms with Crippen molar-refractivity contribution in [3.8, 4) is 11.5 Å². The Labute approximate surface area is 284 Å². The molecule has 0 atom stereocenters. The normalized spacial score (nSPS) is 11.1. The zero-order chi connectivity index (χ0) is 34.8. The van der Waals surface area contributed by atoms with Gasteiger partial charge >= 0.3 is 0 Å². The average molecular weight is 623 g/mol. The molecule has 0 radical (unpaired) electrons. The van der Waals surface area contributed by atoms with Crippen molar-refractivity contribution in [2.75, 3.05) is 0 Å². The summed E-state index contributed by atoms with van der Waals surface area (Å²) in [6, 6.07) is 37.7. The van der Waals surface area contributed by atoms with Crippen molar-refractivity contribution >= 4 is 0 Å². The van der Waals surface area contributed by atoms with E-state index < -0.39 is 0 Å². The second kappa shape index (κ2) is 20.7. The second-order valence-corrected chi connectivity index (χ2v) is 15.8. The standard InChI is InChI=1S/C15H16O.C13H20.C11H16.C6H14/c1-12(2)13-8-10-15(11-9-13)16-14-6-4-3-5-7-14;1-10(2)9-12-5-7-13(8-6-12)11(3)4;1-11(2,3)9-10-7-5-4-6-8-10;1-5-6(2,3)4/h3-12H,1-2H3;5-8,10-11H,9H2,1-4H3;4-8H,9H2,1-3H3;5H2,1-4H3. The van der Waals surface area contributed by atoms with Gasteiger partial charge in [0.15, 0.2) is 0 Å². The lowest BCUT2D eigenvalue weighted by Gasteiger charge is -2.17.